The van der Waals surface area contributed by atoms with E-state index in [9.17, 15) is 0 Å². The molecule has 0 aliphatic carbocycles. The van der Waals surface area contributed by atoms with Gasteiger partial charge >= 0.3 is 7.82 Å². The Morgan fingerprint density at radius 3 is 1.21 bits per heavy atom. The van der Waals surface area contributed by atoms with Gasteiger partial charge in [0.05, 0.1) is 26.7 Å². The summed E-state index contributed by atoms with van der Waals surface area (Å²) in [6.07, 6.45) is 0. The van der Waals surface area contributed by atoms with Crippen LogP contribution < -0.4 is 0 Å². The summed E-state index contributed by atoms with van der Waals surface area (Å²) in [6, 6.07) is 30.2. The van der Waals surface area contributed by atoms with Gasteiger partial charge < -0.3 is 19.2 Å². The molecule has 4 aromatic carbocycles. The lowest BCUT2D eigenvalue weighted by molar-refractivity contribution is -0.904. The van der Waals surface area contributed by atoms with Crippen LogP contribution in [0.4, 0.5) is 0 Å². The van der Waals surface area contributed by atoms with Gasteiger partial charge in [0, 0.05) is 0 Å². The number of hydrogen-bond donors (Lipinski definition) is 3. The standard InChI is InChI=1S/C20H14.C7H18N.H3O4P/c1-3-11-17-15(7-1)9-5-13-19(17)20-14-6-10-16-8-2-4-12-18(16)20;1-5-8(4,6-2)7-3;1-5(2,3)4/h1-14H;5-7H2,1-4H3;(H3,1,2,3,4)/q;+1;. The van der Waals surface area contributed by atoms with Crippen molar-refractivity contribution in [3.8, 4) is 11.1 Å². The molecule has 176 valence electrons. The highest BCUT2D eigenvalue weighted by Gasteiger charge is 2.11. The number of hydrogen-bond acceptors (Lipinski definition) is 1. The van der Waals surface area contributed by atoms with Gasteiger partial charge in [0.1, 0.15) is 0 Å². The van der Waals surface area contributed by atoms with Crippen LogP contribution in [0.25, 0.3) is 32.7 Å². The Morgan fingerprint density at radius 1 is 0.606 bits per heavy atom. The second-order valence-corrected chi connectivity index (χ2v) is 9.16. The molecule has 0 amide bonds. The average Bonchev–Trinajstić information content (AvgIpc) is 2.82. The molecule has 0 radical (unpaired) electrons. The molecular formula is C27H35NO4P+. The third-order valence-corrected chi connectivity index (χ3v) is 6.16. The normalized spacial score (nSPS) is 11.4. The van der Waals surface area contributed by atoms with Gasteiger partial charge in [-0.25, -0.2) is 4.57 Å². The summed E-state index contributed by atoms with van der Waals surface area (Å²) in [5.74, 6) is 0. The van der Waals surface area contributed by atoms with Gasteiger partial charge in [-0.2, -0.15) is 0 Å². The maximum absolute atomic E-state index is 8.88. The Hall–Kier alpha value is -2.53. The van der Waals surface area contributed by atoms with E-state index in [-0.39, 0.29) is 0 Å². The Bertz CT molecular complexity index is 1110. The van der Waals surface area contributed by atoms with Gasteiger partial charge in [-0.3, -0.25) is 0 Å². The van der Waals surface area contributed by atoms with E-state index in [0.717, 1.165) is 0 Å². The van der Waals surface area contributed by atoms with E-state index in [0.29, 0.717) is 0 Å². The lowest BCUT2D eigenvalue weighted by Gasteiger charge is -2.30. The van der Waals surface area contributed by atoms with Crippen LogP contribution in [-0.2, 0) is 4.57 Å². The molecule has 3 N–H and O–H groups in total. The number of fused-ring (bicyclic) bond motifs is 2. The molecule has 0 aromatic heterocycles. The van der Waals surface area contributed by atoms with Gasteiger partial charge in [-0.05, 0) is 53.4 Å². The second kappa shape index (κ2) is 12.1. The molecule has 0 bridgehead atoms. The fourth-order valence-electron chi connectivity index (χ4n) is 3.59. The third-order valence-electron chi connectivity index (χ3n) is 6.16. The van der Waals surface area contributed by atoms with E-state index >= 15 is 0 Å². The van der Waals surface area contributed by atoms with Gasteiger partial charge in [0.25, 0.3) is 0 Å². The molecule has 0 unspecified atom stereocenters. The van der Waals surface area contributed by atoms with Gasteiger partial charge in [-0.1, -0.05) is 84.9 Å². The van der Waals surface area contributed by atoms with Crippen LogP contribution in [0, 0.1) is 0 Å². The molecule has 0 saturated heterocycles. The number of quaternary nitrogens is 1. The van der Waals surface area contributed by atoms with Gasteiger partial charge in [0.15, 0.2) is 0 Å². The predicted molar refractivity (Wildman–Crippen MR) is 139 cm³/mol. The van der Waals surface area contributed by atoms with E-state index < -0.39 is 7.82 Å². The van der Waals surface area contributed by atoms with Crippen LogP contribution in [0.1, 0.15) is 20.8 Å². The van der Waals surface area contributed by atoms with Crippen LogP contribution in [0.15, 0.2) is 84.9 Å². The minimum Gasteiger partial charge on any atom is -0.327 e. The number of rotatable bonds is 4. The second-order valence-electron chi connectivity index (χ2n) is 8.13. The summed E-state index contributed by atoms with van der Waals surface area (Å²) in [7, 11) is -2.35. The Morgan fingerprint density at radius 2 is 0.909 bits per heavy atom. The van der Waals surface area contributed by atoms with E-state index in [2.05, 4.69) is 113 Å². The minimum atomic E-state index is -4.64. The lowest BCUT2D eigenvalue weighted by Crippen LogP contribution is -2.42. The number of nitrogens with zero attached hydrogens (tertiary/aromatic N) is 1. The fraction of sp³-hybridized carbons (Fsp3) is 0.259. The van der Waals surface area contributed by atoms with E-state index in [1.54, 1.807) is 0 Å². The van der Waals surface area contributed by atoms with Crippen molar-refractivity contribution in [1.82, 2.24) is 0 Å². The molecule has 0 atom stereocenters. The zero-order valence-electron chi connectivity index (χ0n) is 19.8. The zero-order chi connectivity index (χ0) is 24.5. The zero-order valence-corrected chi connectivity index (χ0v) is 20.7. The fourth-order valence-corrected chi connectivity index (χ4v) is 3.59. The summed E-state index contributed by atoms with van der Waals surface area (Å²) >= 11 is 0. The van der Waals surface area contributed by atoms with Crippen molar-refractivity contribution in [3.63, 3.8) is 0 Å². The highest BCUT2D eigenvalue weighted by atomic mass is 31.2. The third kappa shape index (κ3) is 8.08. The number of phosphoric acid groups is 1. The highest BCUT2D eigenvalue weighted by molar-refractivity contribution is 7.45. The molecule has 0 aliphatic rings. The maximum atomic E-state index is 8.88. The molecule has 0 aliphatic heterocycles. The first-order valence-corrected chi connectivity index (χ1v) is 12.8. The van der Waals surface area contributed by atoms with E-state index in [4.69, 9.17) is 19.2 Å². The Balaban J connectivity index is 0.000000248. The molecule has 5 nitrogen and oxygen atoms in total. The van der Waals surface area contributed by atoms with Gasteiger partial charge in [-0.15, -0.1) is 0 Å². The summed E-state index contributed by atoms with van der Waals surface area (Å²) in [4.78, 5) is 21.6. The molecule has 4 aromatic rings. The van der Waals surface area contributed by atoms with Crippen molar-refractivity contribution < 1.29 is 23.7 Å². The molecule has 33 heavy (non-hydrogen) atoms. The van der Waals surface area contributed by atoms with Crippen LogP contribution in [0.2, 0.25) is 0 Å². The van der Waals surface area contributed by atoms with Crippen LogP contribution in [-0.4, -0.2) is 45.8 Å². The lowest BCUT2D eigenvalue weighted by atomic mass is 9.94. The Kier molecular flexibility index (Phi) is 9.78. The molecular weight excluding hydrogens is 433 g/mol. The van der Waals surface area contributed by atoms with Crippen molar-refractivity contribution in [1.29, 1.82) is 0 Å². The van der Waals surface area contributed by atoms with Crippen molar-refractivity contribution >= 4 is 29.4 Å². The minimum absolute atomic E-state index is 1.21. The summed E-state index contributed by atoms with van der Waals surface area (Å²) in [5, 5.41) is 5.20. The monoisotopic (exact) mass is 468 g/mol. The molecule has 0 heterocycles. The van der Waals surface area contributed by atoms with E-state index in [1.807, 2.05) is 0 Å². The van der Waals surface area contributed by atoms with Crippen molar-refractivity contribution in [2.24, 2.45) is 0 Å². The highest BCUT2D eigenvalue weighted by Crippen LogP contribution is 2.33. The van der Waals surface area contributed by atoms with Crippen molar-refractivity contribution in [2.45, 2.75) is 20.8 Å². The molecule has 0 spiro atoms. The Labute approximate surface area is 196 Å². The van der Waals surface area contributed by atoms with Crippen LogP contribution in [0.5, 0.6) is 0 Å². The molecule has 4 rings (SSSR count). The van der Waals surface area contributed by atoms with Crippen molar-refractivity contribution in [2.75, 3.05) is 26.7 Å². The first-order chi connectivity index (χ1) is 15.6. The van der Waals surface area contributed by atoms with Crippen molar-refractivity contribution in [3.05, 3.63) is 84.9 Å². The van der Waals surface area contributed by atoms with Crippen LogP contribution in [0.3, 0.4) is 0 Å². The summed E-state index contributed by atoms with van der Waals surface area (Å²) in [5.41, 5.74) is 2.61. The first kappa shape index (κ1) is 26.7. The largest absolute Gasteiger partial charge is 0.466 e. The molecule has 0 saturated carbocycles. The van der Waals surface area contributed by atoms with E-state index in [1.165, 1.54) is 56.8 Å². The maximum Gasteiger partial charge on any atom is 0.466 e. The number of benzene rings is 4. The summed E-state index contributed by atoms with van der Waals surface area (Å²) in [6.45, 7) is 10.5. The SMILES string of the molecule is CC[N+](C)(CC)CC.O=P(O)(O)O.c1ccc2c(-c3cccc4ccccc34)cccc2c1. The smallest absolute Gasteiger partial charge is 0.327 e. The topological polar surface area (TPSA) is 77.8 Å². The van der Waals surface area contributed by atoms with Gasteiger partial charge in [0.2, 0.25) is 0 Å². The summed E-state index contributed by atoms with van der Waals surface area (Å²) < 4.78 is 10.1. The first-order valence-electron chi connectivity index (χ1n) is 11.2. The molecule has 6 heteroatoms. The van der Waals surface area contributed by atoms with Crippen LogP contribution >= 0.6 is 7.82 Å². The molecule has 0 fully saturated rings. The average molecular weight is 469 g/mol. The predicted octanol–water partition coefficient (Wildman–Crippen LogP) is 6.22. The quantitative estimate of drug-likeness (QED) is 0.245.